The number of rotatable bonds is 4. The van der Waals surface area contributed by atoms with Crippen molar-refractivity contribution in [3.8, 4) is 0 Å². The fourth-order valence-corrected chi connectivity index (χ4v) is 2.50. The lowest BCUT2D eigenvalue weighted by molar-refractivity contribution is -0.134. The van der Waals surface area contributed by atoms with Crippen LogP contribution in [-0.2, 0) is 4.79 Å². The van der Waals surface area contributed by atoms with Crippen LogP contribution in [0.2, 0.25) is 0 Å². The number of nitrogens with one attached hydrogen (secondary N) is 1. The molecule has 1 aromatic rings. The van der Waals surface area contributed by atoms with Crippen LogP contribution in [0.3, 0.4) is 0 Å². The molecule has 1 amide bonds. The predicted molar refractivity (Wildman–Crippen MR) is 76.6 cm³/mol. The first kappa shape index (κ1) is 14.0. The fraction of sp³-hybridized carbons (Fsp3) is 0.533. The maximum absolute atomic E-state index is 12.2. The van der Waals surface area contributed by atoms with Gasteiger partial charge in [-0.05, 0) is 18.9 Å². The number of nitrogens with zero attached hydrogens (tertiary/aromatic N) is 1. The van der Waals surface area contributed by atoms with Gasteiger partial charge in [0, 0.05) is 38.1 Å². The highest BCUT2D eigenvalue weighted by Crippen LogP contribution is 2.16. The molecule has 0 saturated carbocycles. The zero-order valence-electron chi connectivity index (χ0n) is 11.5. The predicted octanol–water partition coefficient (Wildman–Crippen LogP) is 1.29. The summed E-state index contributed by atoms with van der Waals surface area (Å²) < 4.78 is 0. The maximum atomic E-state index is 12.2. The minimum Gasteiger partial charge on any atom is -0.337 e. The number of nitrogens with two attached hydrogens (primary N) is 1. The standard InChI is InChI=1S/C15H23N3O/c1-12-11-17-9-10-18(12)15(19)8-7-14(16)13-5-3-2-4-6-13/h2-6,12,14,17H,7-11,16H2,1H3/t12-,14+/m0/s1. The Kier molecular flexibility index (Phi) is 4.93. The van der Waals surface area contributed by atoms with Gasteiger partial charge in [-0.15, -0.1) is 0 Å². The fourth-order valence-electron chi connectivity index (χ4n) is 2.50. The van der Waals surface area contributed by atoms with Crippen LogP contribution in [0.4, 0.5) is 0 Å². The topological polar surface area (TPSA) is 58.4 Å². The summed E-state index contributed by atoms with van der Waals surface area (Å²) in [6.07, 6.45) is 1.24. The first-order chi connectivity index (χ1) is 9.18. The number of benzene rings is 1. The molecule has 0 unspecified atom stereocenters. The third-order valence-corrected chi connectivity index (χ3v) is 3.72. The Morgan fingerprint density at radius 1 is 1.47 bits per heavy atom. The maximum Gasteiger partial charge on any atom is 0.222 e. The van der Waals surface area contributed by atoms with Gasteiger partial charge in [-0.2, -0.15) is 0 Å². The van der Waals surface area contributed by atoms with Crippen LogP contribution in [0, 0.1) is 0 Å². The smallest absolute Gasteiger partial charge is 0.222 e. The summed E-state index contributed by atoms with van der Waals surface area (Å²) in [5.74, 6) is 0.223. The summed E-state index contributed by atoms with van der Waals surface area (Å²) in [6, 6.07) is 10.2. The molecule has 4 nitrogen and oxygen atoms in total. The average molecular weight is 261 g/mol. The second kappa shape index (κ2) is 6.68. The van der Waals surface area contributed by atoms with Gasteiger partial charge in [-0.3, -0.25) is 4.79 Å². The molecular formula is C15H23N3O. The number of hydrogen-bond donors (Lipinski definition) is 2. The van der Waals surface area contributed by atoms with E-state index >= 15 is 0 Å². The van der Waals surface area contributed by atoms with E-state index in [0.717, 1.165) is 25.2 Å². The minimum atomic E-state index is -0.0524. The average Bonchev–Trinajstić information content (AvgIpc) is 2.46. The molecule has 1 fully saturated rings. The van der Waals surface area contributed by atoms with E-state index in [1.165, 1.54) is 0 Å². The summed E-state index contributed by atoms with van der Waals surface area (Å²) in [7, 11) is 0. The van der Waals surface area contributed by atoms with Crippen molar-refractivity contribution in [2.75, 3.05) is 19.6 Å². The van der Waals surface area contributed by atoms with Crippen molar-refractivity contribution >= 4 is 5.91 Å². The van der Waals surface area contributed by atoms with Crippen molar-refractivity contribution in [2.24, 2.45) is 5.73 Å². The third-order valence-electron chi connectivity index (χ3n) is 3.72. The first-order valence-corrected chi connectivity index (χ1v) is 6.99. The van der Waals surface area contributed by atoms with Crippen LogP contribution in [-0.4, -0.2) is 36.5 Å². The quantitative estimate of drug-likeness (QED) is 0.858. The van der Waals surface area contributed by atoms with Crippen molar-refractivity contribution in [1.29, 1.82) is 0 Å². The van der Waals surface area contributed by atoms with Crippen LogP contribution in [0.25, 0.3) is 0 Å². The van der Waals surface area contributed by atoms with Gasteiger partial charge >= 0.3 is 0 Å². The number of hydrogen-bond acceptors (Lipinski definition) is 3. The molecule has 1 aliphatic heterocycles. The Morgan fingerprint density at radius 3 is 2.89 bits per heavy atom. The second-order valence-corrected chi connectivity index (χ2v) is 5.20. The van der Waals surface area contributed by atoms with Gasteiger partial charge in [0.25, 0.3) is 0 Å². The molecular weight excluding hydrogens is 238 g/mol. The Balaban J connectivity index is 1.83. The van der Waals surface area contributed by atoms with Gasteiger partial charge in [-0.25, -0.2) is 0 Å². The summed E-state index contributed by atoms with van der Waals surface area (Å²) in [5, 5.41) is 3.29. The SMILES string of the molecule is C[C@H]1CNCCN1C(=O)CC[C@@H](N)c1ccccc1. The molecule has 1 heterocycles. The molecule has 2 atom stereocenters. The molecule has 1 saturated heterocycles. The summed E-state index contributed by atoms with van der Waals surface area (Å²) in [6.45, 7) is 4.67. The zero-order chi connectivity index (χ0) is 13.7. The van der Waals surface area contributed by atoms with Crippen molar-refractivity contribution in [2.45, 2.75) is 31.8 Å². The van der Waals surface area contributed by atoms with E-state index in [4.69, 9.17) is 5.73 Å². The molecule has 0 aliphatic carbocycles. The largest absolute Gasteiger partial charge is 0.337 e. The summed E-state index contributed by atoms with van der Waals surface area (Å²) in [5.41, 5.74) is 7.23. The molecule has 0 aromatic heterocycles. The van der Waals surface area contributed by atoms with Gasteiger partial charge in [0.2, 0.25) is 5.91 Å². The molecule has 1 aromatic carbocycles. The van der Waals surface area contributed by atoms with Gasteiger partial charge in [0.05, 0.1) is 0 Å². The Bertz CT molecular complexity index is 407. The Morgan fingerprint density at radius 2 is 2.21 bits per heavy atom. The Hall–Kier alpha value is -1.39. The molecule has 0 bridgehead atoms. The van der Waals surface area contributed by atoms with Gasteiger partial charge in [0.15, 0.2) is 0 Å². The van der Waals surface area contributed by atoms with Gasteiger partial charge in [-0.1, -0.05) is 30.3 Å². The highest BCUT2D eigenvalue weighted by Gasteiger charge is 2.23. The van der Waals surface area contributed by atoms with Crippen LogP contribution >= 0.6 is 0 Å². The van der Waals surface area contributed by atoms with Gasteiger partial charge in [0.1, 0.15) is 0 Å². The second-order valence-electron chi connectivity index (χ2n) is 5.20. The number of carbonyl (C=O) groups excluding carboxylic acids is 1. The van der Waals surface area contributed by atoms with Crippen LogP contribution in [0.15, 0.2) is 30.3 Å². The molecule has 3 N–H and O–H groups in total. The van der Waals surface area contributed by atoms with E-state index < -0.39 is 0 Å². The molecule has 2 rings (SSSR count). The lowest BCUT2D eigenvalue weighted by Gasteiger charge is -2.34. The van der Waals surface area contributed by atoms with Crippen molar-refractivity contribution in [3.63, 3.8) is 0 Å². The lowest BCUT2D eigenvalue weighted by atomic mass is 10.0. The summed E-state index contributed by atoms with van der Waals surface area (Å²) in [4.78, 5) is 14.2. The third kappa shape index (κ3) is 3.78. The number of amides is 1. The van der Waals surface area contributed by atoms with Crippen molar-refractivity contribution in [3.05, 3.63) is 35.9 Å². The van der Waals surface area contributed by atoms with E-state index in [-0.39, 0.29) is 18.0 Å². The zero-order valence-corrected chi connectivity index (χ0v) is 11.5. The first-order valence-electron chi connectivity index (χ1n) is 6.99. The van der Waals surface area contributed by atoms with E-state index in [2.05, 4.69) is 12.2 Å². The highest BCUT2D eigenvalue weighted by atomic mass is 16.2. The van der Waals surface area contributed by atoms with Crippen molar-refractivity contribution < 1.29 is 4.79 Å². The number of carbonyl (C=O) groups is 1. The highest BCUT2D eigenvalue weighted by molar-refractivity contribution is 5.76. The van der Waals surface area contributed by atoms with E-state index in [9.17, 15) is 4.79 Å². The lowest BCUT2D eigenvalue weighted by Crippen LogP contribution is -2.52. The molecule has 19 heavy (non-hydrogen) atoms. The molecule has 104 valence electrons. The normalized spacial score (nSPS) is 21.2. The van der Waals surface area contributed by atoms with E-state index in [1.807, 2.05) is 35.2 Å². The molecule has 0 radical (unpaired) electrons. The van der Waals surface area contributed by atoms with Crippen molar-refractivity contribution in [1.82, 2.24) is 10.2 Å². The molecule has 0 spiro atoms. The van der Waals surface area contributed by atoms with Crippen LogP contribution in [0.1, 0.15) is 31.4 Å². The minimum absolute atomic E-state index is 0.0524. The molecule has 4 heteroatoms. The summed E-state index contributed by atoms with van der Waals surface area (Å²) >= 11 is 0. The van der Waals surface area contributed by atoms with Crippen LogP contribution < -0.4 is 11.1 Å². The van der Waals surface area contributed by atoms with E-state index in [1.54, 1.807) is 0 Å². The van der Waals surface area contributed by atoms with Gasteiger partial charge < -0.3 is 16.0 Å². The van der Waals surface area contributed by atoms with E-state index in [0.29, 0.717) is 12.8 Å². The molecule has 1 aliphatic rings. The monoisotopic (exact) mass is 261 g/mol. The van der Waals surface area contributed by atoms with Crippen LogP contribution in [0.5, 0.6) is 0 Å². The number of piperazine rings is 1. The Labute approximate surface area is 115 Å².